The Bertz CT molecular complexity index is 379. The van der Waals surface area contributed by atoms with Crippen LogP contribution in [0.1, 0.15) is 0 Å². The average molecular weight is 239 g/mol. The summed E-state index contributed by atoms with van der Waals surface area (Å²) in [6.07, 6.45) is 1.20. The van der Waals surface area contributed by atoms with E-state index in [2.05, 4.69) is 0 Å². The summed E-state index contributed by atoms with van der Waals surface area (Å²) in [5.74, 6) is 0. The highest BCUT2D eigenvalue weighted by Crippen LogP contribution is 2.24. The molecule has 1 aliphatic rings. The van der Waals surface area contributed by atoms with Gasteiger partial charge in [0.25, 0.3) is 0 Å². The van der Waals surface area contributed by atoms with Gasteiger partial charge < -0.3 is 9.84 Å². The van der Waals surface area contributed by atoms with E-state index in [4.69, 9.17) is 9.84 Å². The summed E-state index contributed by atoms with van der Waals surface area (Å²) in [5, 5.41) is 8.92. The summed E-state index contributed by atoms with van der Waals surface area (Å²) in [4.78, 5) is 14.2. The molecule has 16 heavy (non-hydrogen) atoms. The van der Waals surface area contributed by atoms with Crippen LogP contribution in [0.15, 0.2) is 29.2 Å². The van der Waals surface area contributed by atoms with Crippen molar-refractivity contribution >= 4 is 23.5 Å². The molecule has 1 aromatic carbocycles. The third kappa shape index (κ3) is 2.15. The minimum atomic E-state index is -0.410. The van der Waals surface area contributed by atoms with E-state index in [0.29, 0.717) is 6.54 Å². The fourth-order valence-corrected chi connectivity index (χ4v) is 2.00. The van der Waals surface area contributed by atoms with Crippen LogP contribution in [0, 0.1) is 0 Å². The third-order valence-corrected chi connectivity index (χ3v) is 3.21. The lowest BCUT2D eigenvalue weighted by atomic mass is 10.3. The van der Waals surface area contributed by atoms with Crippen LogP contribution >= 0.6 is 11.8 Å². The van der Waals surface area contributed by atoms with Gasteiger partial charge >= 0.3 is 6.09 Å². The molecule has 0 spiro atoms. The highest BCUT2D eigenvalue weighted by Gasteiger charge is 2.31. The molecule has 0 unspecified atom stereocenters. The molecule has 1 aromatic rings. The zero-order valence-electron chi connectivity index (χ0n) is 8.92. The number of cyclic esters (lactones) is 1. The first kappa shape index (κ1) is 11.3. The molecule has 0 aromatic heterocycles. The van der Waals surface area contributed by atoms with Gasteiger partial charge in [0.1, 0.15) is 6.10 Å². The number of aliphatic hydroxyl groups excluding tert-OH is 1. The predicted molar refractivity (Wildman–Crippen MR) is 62.9 cm³/mol. The quantitative estimate of drug-likeness (QED) is 0.816. The van der Waals surface area contributed by atoms with Crippen LogP contribution in [0.5, 0.6) is 0 Å². The largest absolute Gasteiger partial charge is 0.441 e. The number of anilines is 1. The van der Waals surface area contributed by atoms with Crippen LogP contribution in [0.25, 0.3) is 0 Å². The van der Waals surface area contributed by atoms with Gasteiger partial charge in [0.15, 0.2) is 0 Å². The SMILES string of the molecule is CSc1ccc(N2C[C@@H](CO)OC2=O)cc1. The van der Waals surface area contributed by atoms with Crippen molar-refractivity contribution in [3.05, 3.63) is 24.3 Å². The maximum absolute atomic E-state index is 11.5. The average Bonchev–Trinajstić information content (AvgIpc) is 2.71. The number of hydrogen-bond donors (Lipinski definition) is 1. The van der Waals surface area contributed by atoms with Gasteiger partial charge in [-0.2, -0.15) is 0 Å². The monoisotopic (exact) mass is 239 g/mol. The third-order valence-electron chi connectivity index (χ3n) is 2.46. The van der Waals surface area contributed by atoms with Gasteiger partial charge in [0, 0.05) is 10.6 Å². The van der Waals surface area contributed by atoms with Crippen LogP contribution in [0.2, 0.25) is 0 Å². The Morgan fingerprint density at radius 2 is 2.19 bits per heavy atom. The Labute approximate surface area is 98.2 Å². The number of benzene rings is 1. The Morgan fingerprint density at radius 3 is 2.69 bits per heavy atom. The summed E-state index contributed by atoms with van der Waals surface area (Å²) >= 11 is 1.65. The maximum atomic E-state index is 11.5. The van der Waals surface area contributed by atoms with Gasteiger partial charge in [-0.05, 0) is 30.5 Å². The number of rotatable bonds is 3. The van der Waals surface area contributed by atoms with Gasteiger partial charge in [-0.15, -0.1) is 11.8 Å². The van der Waals surface area contributed by atoms with E-state index in [1.165, 1.54) is 4.90 Å². The second-order valence-electron chi connectivity index (χ2n) is 3.50. The van der Waals surface area contributed by atoms with E-state index in [0.717, 1.165) is 10.6 Å². The zero-order chi connectivity index (χ0) is 11.5. The molecular formula is C11H13NO3S. The van der Waals surface area contributed by atoms with E-state index in [9.17, 15) is 4.79 Å². The highest BCUT2D eigenvalue weighted by molar-refractivity contribution is 7.98. The van der Waals surface area contributed by atoms with Gasteiger partial charge in [-0.3, -0.25) is 4.90 Å². The Kier molecular flexibility index (Phi) is 3.36. The molecule has 0 radical (unpaired) electrons. The molecule has 1 N–H and O–H groups in total. The highest BCUT2D eigenvalue weighted by atomic mass is 32.2. The lowest BCUT2D eigenvalue weighted by molar-refractivity contribution is 0.0963. The lowest BCUT2D eigenvalue weighted by Crippen LogP contribution is -2.25. The normalized spacial score (nSPS) is 20.0. The van der Waals surface area contributed by atoms with Crippen molar-refractivity contribution in [2.24, 2.45) is 0 Å². The minimum absolute atomic E-state index is 0.134. The standard InChI is InChI=1S/C11H13NO3S/c1-16-10-4-2-8(3-5-10)12-6-9(7-13)15-11(12)14/h2-5,9,13H,6-7H2,1H3/t9-/m0/s1. The topological polar surface area (TPSA) is 49.8 Å². The number of thioether (sulfide) groups is 1. The van der Waals surface area contributed by atoms with Gasteiger partial charge in [0.05, 0.1) is 13.2 Å². The van der Waals surface area contributed by atoms with Crippen LogP contribution < -0.4 is 4.90 Å². The van der Waals surface area contributed by atoms with Crippen molar-refractivity contribution in [1.82, 2.24) is 0 Å². The Morgan fingerprint density at radius 1 is 1.50 bits per heavy atom. The summed E-state index contributed by atoms with van der Waals surface area (Å²) in [7, 11) is 0. The van der Waals surface area contributed by atoms with Crippen LogP contribution in [-0.4, -0.2) is 36.7 Å². The zero-order valence-corrected chi connectivity index (χ0v) is 9.74. The van der Waals surface area contributed by atoms with Crippen molar-refractivity contribution in [2.45, 2.75) is 11.0 Å². The second kappa shape index (κ2) is 4.76. The predicted octanol–water partition coefficient (Wildman–Crippen LogP) is 1.73. The van der Waals surface area contributed by atoms with Crippen LogP contribution in [0.4, 0.5) is 10.5 Å². The maximum Gasteiger partial charge on any atom is 0.414 e. The van der Waals surface area contributed by atoms with E-state index in [-0.39, 0.29) is 6.61 Å². The van der Waals surface area contributed by atoms with Crippen molar-refractivity contribution in [2.75, 3.05) is 24.3 Å². The summed E-state index contributed by atoms with van der Waals surface area (Å²) < 4.78 is 4.97. The summed E-state index contributed by atoms with van der Waals surface area (Å²) in [5.41, 5.74) is 0.804. The molecule has 4 nitrogen and oxygen atoms in total. The fraction of sp³-hybridized carbons (Fsp3) is 0.364. The van der Waals surface area contributed by atoms with E-state index in [1.807, 2.05) is 30.5 Å². The molecule has 1 fully saturated rings. The molecule has 1 atom stereocenters. The number of aliphatic hydroxyl groups is 1. The number of carbonyl (C=O) groups excluding carboxylic acids is 1. The first-order valence-electron chi connectivity index (χ1n) is 4.97. The first-order chi connectivity index (χ1) is 7.74. The summed E-state index contributed by atoms with van der Waals surface area (Å²) in [6.45, 7) is 0.277. The minimum Gasteiger partial charge on any atom is -0.441 e. The second-order valence-corrected chi connectivity index (χ2v) is 4.38. The first-order valence-corrected chi connectivity index (χ1v) is 6.20. The molecule has 1 aliphatic heterocycles. The van der Waals surface area contributed by atoms with Crippen molar-refractivity contribution in [1.29, 1.82) is 0 Å². The van der Waals surface area contributed by atoms with E-state index < -0.39 is 12.2 Å². The van der Waals surface area contributed by atoms with Crippen molar-refractivity contribution in [3.63, 3.8) is 0 Å². The lowest BCUT2D eigenvalue weighted by Gasteiger charge is -2.12. The molecule has 0 bridgehead atoms. The van der Waals surface area contributed by atoms with Crippen LogP contribution in [0.3, 0.4) is 0 Å². The summed E-state index contributed by atoms with van der Waals surface area (Å²) in [6, 6.07) is 7.68. The van der Waals surface area contributed by atoms with Crippen molar-refractivity contribution in [3.8, 4) is 0 Å². The molecular weight excluding hydrogens is 226 g/mol. The van der Waals surface area contributed by atoms with Crippen molar-refractivity contribution < 1.29 is 14.6 Å². The smallest absolute Gasteiger partial charge is 0.414 e. The molecule has 1 amide bonds. The Balaban J connectivity index is 2.15. The molecule has 1 saturated heterocycles. The molecule has 1 heterocycles. The molecule has 5 heteroatoms. The number of amides is 1. The number of nitrogens with zero attached hydrogens (tertiary/aromatic N) is 1. The number of hydrogen-bond acceptors (Lipinski definition) is 4. The van der Waals surface area contributed by atoms with Gasteiger partial charge in [-0.1, -0.05) is 0 Å². The molecule has 86 valence electrons. The molecule has 0 aliphatic carbocycles. The van der Waals surface area contributed by atoms with E-state index >= 15 is 0 Å². The number of ether oxygens (including phenoxy) is 1. The Hall–Kier alpha value is -1.20. The fourth-order valence-electron chi connectivity index (χ4n) is 1.59. The van der Waals surface area contributed by atoms with Gasteiger partial charge in [0.2, 0.25) is 0 Å². The molecule has 2 rings (SSSR count). The van der Waals surface area contributed by atoms with Gasteiger partial charge in [-0.25, -0.2) is 4.79 Å². The molecule has 0 saturated carbocycles. The number of carbonyl (C=O) groups is 1. The van der Waals surface area contributed by atoms with Crippen LogP contribution in [-0.2, 0) is 4.74 Å². The van der Waals surface area contributed by atoms with E-state index in [1.54, 1.807) is 11.8 Å².